The predicted octanol–water partition coefficient (Wildman–Crippen LogP) is 5.04. The third-order valence-electron chi connectivity index (χ3n) is 5.10. The zero-order valence-electron chi connectivity index (χ0n) is 16.5. The lowest BCUT2D eigenvalue weighted by molar-refractivity contribution is -0.00424. The lowest BCUT2D eigenvalue weighted by Crippen LogP contribution is -2.48. The Bertz CT molecular complexity index is 1030. The molecule has 1 saturated heterocycles. The maximum Gasteiger partial charge on any atom is 0.410 e. The number of amides is 1. The Hall–Kier alpha value is -2.02. The summed E-state index contributed by atoms with van der Waals surface area (Å²) in [5.74, 6) is 0. The number of rotatable bonds is 1. The van der Waals surface area contributed by atoms with E-state index in [1.54, 1.807) is 11.1 Å². The van der Waals surface area contributed by atoms with Gasteiger partial charge in [0.2, 0.25) is 0 Å². The van der Waals surface area contributed by atoms with E-state index in [1.807, 2.05) is 49.6 Å². The predicted molar refractivity (Wildman–Crippen MR) is 115 cm³/mol. The number of pyridine rings is 1. The van der Waals surface area contributed by atoms with Gasteiger partial charge in [0.05, 0.1) is 22.7 Å². The second-order valence-electron chi connectivity index (χ2n) is 8.41. The molecule has 1 aromatic carbocycles. The minimum Gasteiger partial charge on any atom is -0.444 e. The van der Waals surface area contributed by atoms with Gasteiger partial charge in [-0.25, -0.2) is 9.78 Å². The Morgan fingerprint density at radius 3 is 2.66 bits per heavy atom. The number of aliphatic hydroxyl groups is 1. The molecule has 1 aliphatic rings. The number of carbonyl (C=O) groups excluding carboxylic acids is 1. The fourth-order valence-corrected chi connectivity index (χ4v) is 4.20. The molecule has 4 rings (SSSR count). The number of carbonyl (C=O) groups is 1. The fourth-order valence-electron chi connectivity index (χ4n) is 3.87. The first kappa shape index (κ1) is 20.3. The normalized spacial score (nSPS) is 20.4. The van der Waals surface area contributed by atoms with Gasteiger partial charge in [0, 0.05) is 35.1 Å². The van der Waals surface area contributed by atoms with Gasteiger partial charge >= 0.3 is 6.09 Å². The molecule has 1 fully saturated rings. The Morgan fingerprint density at radius 2 is 1.93 bits per heavy atom. The minimum atomic E-state index is -0.624. The van der Waals surface area contributed by atoms with Gasteiger partial charge in [-0.3, -0.25) is 0 Å². The van der Waals surface area contributed by atoms with Crippen molar-refractivity contribution in [1.82, 2.24) is 14.5 Å². The van der Waals surface area contributed by atoms with Gasteiger partial charge in [-0.15, -0.1) is 0 Å². The summed E-state index contributed by atoms with van der Waals surface area (Å²) in [4.78, 5) is 18.8. The molecule has 29 heavy (non-hydrogen) atoms. The zero-order valence-corrected chi connectivity index (χ0v) is 18.0. The van der Waals surface area contributed by atoms with E-state index in [0.29, 0.717) is 35.2 Å². The van der Waals surface area contributed by atoms with Crippen LogP contribution in [-0.4, -0.2) is 50.4 Å². The molecule has 1 aliphatic heterocycles. The molecule has 0 aliphatic carbocycles. The van der Waals surface area contributed by atoms with Crippen LogP contribution in [0.4, 0.5) is 4.79 Å². The third-order valence-corrected chi connectivity index (χ3v) is 5.54. The average Bonchev–Trinajstić information content (AvgIpc) is 2.93. The molecule has 2 atom stereocenters. The number of hydrogen-bond acceptors (Lipinski definition) is 4. The summed E-state index contributed by atoms with van der Waals surface area (Å²) < 4.78 is 7.51. The average molecular weight is 436 g/mol. The number of halogens is 2. The van der Waals surface area contributed by atoms with Crippen LogP contribution in [0.2, 0.25) is 10.0 Å². The monoisotopic (exact) mass is 435 g/mol. The largest absolute Gasteiger partial charge is 0.444 e. The smallest absolute Gasteiger partial charge is 0.410 e. The molecule has 154 valence electrons. The maximum atomic E-state index is 12.6. The molecule has 1 N–H and O–H groups in total. The van der Waals surface area contributed by atoms with Crippen LogP contribution in [0.3, 0.4) is 0 Å². The molecule has 0 saturated carbocycles. The van der Waals surface area contributed by atoms with Gasteiger partial charge in [-0.05, 0) is 51.5 Å². The molecular formula is C21H23Cl2N3O3. The zero-order chi connectivity index (χ0) is 20.9. The molecule has 0 bridgehead atoms. The Labute approximate surface area is 179 Å². The van der Waals surface area contributed by atoms with Crippen LogP contribution in [0, 0.1) is 0 Å². The third kappa shape index (κ3) is 3.89. The van der Waals surface area contributed by atoms with Gasteiger partial charge in [0.1, 0.15) is 11.2 Å². The van der Waals surface area contributed by atoms with Crippen LogP contribution in [0.25, 0.3) is 21.9 Å². The van der Waals surface area contributed by atoms with Crippen LogP contribution in [-0.2, 0) is 4.74 Å². The number of fused-ring (bicyclic) bond motifs is 3. The highest BCUT2D eigenvalue weighted by molar-refractivity contribution is 6.33. The molecule has 2 aromatic heterocycles. The van der Waals surface area contributed by atoms with E-state index in [-0.39, 0.29) is 12.1 Å². The van der Waals surface area contributed by atoms with Gasteiger partial charge in [-0.1, -0.05) is 23.2 Å². The molecule has 1 amide bonds. The van der Waals surface area contributed by atoms with Crippen molar-refractivity contribution in [1.29, 1.82) is 0 Å². The van der Waals surface area contributed by atoms with E-state index in [4.69, 9.17) is 27.9 Å². The van der Waals surface area contributed by atoms with Gasteiger partial charge in [-0.2, -0.15) is 0 Å². The summed E-state index contributed by atoms with van der Waals surface area (Å²) in [6.07, 6.45) is 1.03. The highest BCUT2D eigenvalue weighted by Gasteiger charge is 2.35. The summed E-state index contributed by atoms with van der Waals surface area (Å²) in [6, 6.07) is 7.06. The second-order valence-corrected chi connectivity index (χ2v) is 9.28. The number of likely N-dealkylation sites (tertiary alicyclic amines) is 1. The number of benzene rings is 1. The SMILES string of the molecule is CC(C)(C)OC(=O)N1CC[C@@H](O)[C@H](n2c3ccc(Cl)cc3c3cc(Cl)cnc32)C1. The van der Waals surface area contributed by atoms with E-state index in [2.05, 4.69) is 4.98 Å². The molecule has 6 nitrogen and oxygen atoms in total. The Kier molecular flexibility index (Phi) is 5.13. The Balaban J connectivity index is 1.80. The van der Waals surface area contributed by atoms with Crippen LogP contribution in [0.15, 0.2) is 30.5 Å². The molecule has 3 heterocycles. The Morgan fingerprint density at radius 1 is 1.21 bits per heavy atom. The van der Waals surface area contributed by atoms with Gasteiger partial charge < -0.3 is 19.3 Å². The van der Waals surface area contributed by atoms with Crippen molar-refractivity contribution in [3.05, 3.63) is 40.5 Å². The van der Waals surface area contributed by atoms with Gasteiger partial charge in [0.15, 0.2) is 0 Å². The maximum absolute atomic E-state index is 12.6. The number of ether oxygens (including phenoxy) is 1. The number of aromatic nitrogens is 2. The van der Waals surface area contributed by atoms with E-state index in [9.17, 15) is 9.90 Å². The van der Waals surface area contributed by atoms with E-state index in [1.165, 1.54) is 0 Å². The lowest BCUT2D eigenvalue weighted by Gasteiger charge is -2.38. The number of piperidine rings is 1. The summed E-state index contributed by atoms with van der Waals surface area (Å²) in [6.45, 7) is 6.28. The summed E-state index contributed by atoms with van der Waals surface area (Å²) in [5.41, 5.74) is 1.00. The van der Waals surface area contributed by atoms with Crippen molar-refractivity contribution in [2.45, 2.75) is 44.9 Å². The topological polar surface area (TPSA) is 67.6 Å². The fraction of sp³-hybridized carbons (Fsp3) is 0.429. The number of aliphatic hydroxyl groups excluding tert-OH is 1. The molecule has 0 unspecified atom stereocenters. The van der Waals surface area contributed by atoms with Crippen molar-refractivity contribution in [2.75, 3.05) is 13.1 Å². The second kappa shape index (κ2) is 7.35. The van der Waals surface area contributed by atoms with Crippen molar-refractivity contribution in [3.8, 4) is 0 Å². The van der Waals surface area contributed by atoms with E-state index in [0.717, 1.165) is 16.3 Å². The van der Waals surface area contributed by atoms with Crippen LogP contribution >= 0.6 is 23.2 Å². The standard InChI is InChI=1S/C21H23Cl2N3O3/c1-21(2,3)29-20(28)25-7-6-18(27)17(11-25)26-16-5-4-12(22)8-14(16)15-9-13(23)10-24-19(15)26/h4-5,8-10,17-18,27H,6-7,11H2,1-3H3/t17-,18-/m1/s1. The number of hydrogen-bond donors (Lipinski definition) is 1. The van der Waals surface area contributed by atoms with Crippen molar-refractivity contribution in [3.63, 3.8) is 0 Å². The molecule has 8 heteroatoms. The van der Waals surface area contributed by atoms with E-state index < -0.39 is 11.7 Å². The highest BCUT2D eigenvalue weighted by Crippen LogP contribution is 2.36. The molecule has 3 aromatic rings. The van der Waals surface area contributed by atoms with Crippen LogP contribution < -0.4 is 0 Å². The number of nitrogens with zero attached hydrogens (tertiary/aromatic N) is 3. The first-order valence-corrected chi connectivity index (χ1v) is 10.3. The lowest BCUT2D eigenvalue weighted by atomic mass is 10.0. The quantitative estimate of drug-likeness (QED) is 0.581. The minimum absolute atomic E-state index is 0.321. The molecule has 0 spiro atoms. The summed E-state index contributed by atoms with van der Waals surface area (Å²) in [5, 5.41) is 13.7. The van der Waals surface area contributed by atoms with Crippen LogP contribution in [0.5, 0.6) is 0 Å². The first-order valence-electron chi connectivity index (χ1n) is 9.55. The first-order chi connectivity index (χ1) is 13.6. The van der Waals surface area contributed by atoms with Gasteiger partial charge in [0.25, 0.3) is 0 Å². The summed E-state index contributed by atoms with van der Waals surface area (Å²) in [7, 11) is 0. The molecule has 0 radical (unpaired) electrons. The van der Waals surface area contributed by atoms with Crippen molar-refractivity contribution in [2.24, 2.45) is 0 Å². The highest BCUT2D eigenvalue weighted by atomic mass is 35.5. The van der Waals surface area contributed by atoms with Crippen LogP contribution in [0.1, 0.15) is 33.2 Å². The summed E-state index contributed by atoms with van der Waals surface area (Å²) >= 11 is 12.4. The molecular weight excluding hydrogens is 413 g/mol. The van der Waals surface area contributed by atoms with Crippen molar-refractivity contribution >= 4 is 51.2 Å². The van der Waals surface area contributed by atoms with Crippen molar-refractivity contribution < 1.29 is 14.6 Å². The van der Waals surface area contributed by atoms with E-state index >= 15 is 0 Å².